The second-order valence-corrected chi connectivity index (χ2v) is 8.51. The first-order valence-electron chi connectivity index (χ1n) is 5.85. The fraction of sp³-hybridized carbons (Fsp3) is 0.417. The van der Waals surface area contributed by atoms with Crippen LogP contribution in [0.5, 0.6) is 0 Å². The van der Waals surface area contributed by atoms with E-state index in [1.807, 2.05) is 0 Å². The van der Waals surface area contributed by atoms with Gasteiger partial charge in [-0.25, -0.2) is 12.8 Å². The van der Waals surface area contributed by atoms with E-state index in [0.29, 0.717) is 15.7 Å². The first-order chi connectivity index (χ1) is 9.17. The number of amides is 1. The summed E-state index contributed by atoms with van der Waals surface area (Å²) < 4.78 is 35.9. The Labute approximate surface area is 129 Å². The predicted octanol–water partition coefficient (Wildman–Crippen LogP) is 2.82. The Balaban J connectivity index is 2.29. The standard InChI is InChI=1S/C12H12BrClFNO3S/c1-7-2-9(15)4-10(13)12(7)16-5-8(3-11(16)17)6-20(14,18)19/h2,4,8H,3,5-6H2,1H3. The summed E-state index contributed by atoms with van der Waals surface area (Å²) in [6, 6.07) is 2.61. The molecule has 0 spiro atoms. The zero-order valence-corrected chi connectivity index (χ0v) is 13.7. The van der Waals surface area contributed by atoms with Crippen molar-refractivity contribution in [3.05, 3.63) is 28.0 Å². The van der Waals surface area contributed by atoms with Crippen molar-refractivity contribution in [2.24, 2.45) is 5.92 Å². The molecular weight excluding hydrogens is 373 g/mol. The molecule has 2 rings (SSSR count). The number of rotatable bonds is 3. The van der Waals surface area contributed by atoms with Gasteiger partial charge in [0.25, 0.3) is 0 Å². The second-order valence-electron chi connectivity index (χ2n) is 4.83. The van der Waals surface area contributed by atoms with Gasteiger partial charge in [-0.2, -0.15) is 0 Å². The molecular formula is C12H12BrClFNO3S. The lowest BCUT2D eigenvalue weighted by atomic mass is 10.1. The highest BCUT2D eigenvalue weighted by molar-refractivity contribution is 9.10. The van der Waals surface area contributed by atoms with Gasteiger partial charge in [0.15, 0.2) is 0 Å². The van der Waals surface area contributed by atoms with Crippen LogP contribution in [0, 0.1) is 18.7 Å². The summed E-state index contributed by atoms with van der Waals surface area (Å²) in [6.07, 6.45) is 0.120. The van der Waals surface area contributed by atoms with E-state index >= 15 is 0 Å². The first kappa shape index (κ1) is 15.7. The zero-order chi connectivity index (χ0) is 15.1. The third-order valence-corrected chi connectivity index (χ3v) is 4.98. The molecule has 1 aliphatic rings. The molecule has 0 saturated carbocycles. The Morgan fingerprint density at radius 3 is 2.70 bits per heavy atom. The zero-order valence-electron chi connectivity index (χ0n) is 10.6. The molecule has 8 heteroatoms. The van der Waals surface area contributed by atoms with Crippen LogP contribution < -0.4 is 4.90 Å². The van der Waals surface area contributed by atoms with Gasteiger partial charge in [-0.3, -0.25) is 4.79 Å². The Kier molecular flexibility index (Phi) is 4.41. The lowest BCUT2D eigenvalue weighted by molar-refractivity contribution is -0.117. The number of halogens is 3. The Morgan fingerprint density at radius 1 is 1.50 bits per heavy atom. The van der Waals surface area contributed by atoms with Crippen molar-refractivity contribution in [3.8, 4) is 0 Å². The minimum absolute atomic E-state index is 0.120. The van der Waals surface area contributed by atoms with E-state index in [1.165, 1.54) is 17.0 Å². The van der Waals surface area contributed by atoms with Crippen LogP contribution in [0.1, 0.15) is 12.0 Å². The molecule has 0 bridgehead atoms. The molecule has 1 fully saturated rings. The smallest absolute Gasteiger partial charge is 0.232 e. The van der Waals surface area contributed by atoms with Crippen LogP contribution in [-0.2, 0) is 13.8 Å². The van der Waals surface area contributed by atoms with E-state index in [-0.39, 0.29) is 30.5 Å². The van der Waals surface area contributed by atoms with Crippen LogP contribution in [0.25, 0.3) is 0 Å². The van der Waals surface area contributed by atoms with Crippen molar-refractivity contribution in [3.63, 3.8) is 0 Å². The summed E-state index contributed by atoms with van der Waals surface area (Å²) in [5.74, 6) is -1.17. The van der Waals surface area contributed by atoms with Crippen LogP contribution >= 0.6 is 26.6 Å². The SMILES string of the molecule is Cc1cc(F)cc(Br)c1N1CC(CS(=O)(=O)Cl)CC1=O. The van der Waals surface area contributed by atoms with Crippen molar-refractivity contribution in [1.82, 2.24) is 0 Å². The monoisotopic (exact) mass is 383 g/mol. The van der Waals surface area contributed by atoms with E-state index in [4.69, 9.17) is 10.7 Å². The van der Waals surface area contributed by atoms with Crippen molar-refractivity contribution in [2.75, 3.05) is 17.2 Å². The molecule has 0 aliphatic carbocycles. The van der Waals surface area contributed by atoms with Crippen molar-refractivity contribution in [2.45, 2.75) is 13.3 Å². The highest BCUT2D eigenvalue weighted by Gasteiger charge is 2.34. The maximum absolute atomic E-state index is 13.3. The average Bonchev–Trinajstić information content (AvgIpc) is 2.55. The highest BCUT2D eigenvalue weighted by Crippen LogP contribution is 2.35. The fourth-order valence-corrected chi connectivity index (χ4v) is 4.49. The molecule has 1 heterocycles. The van der Waals surface area contributed by atoms with Crippen LogP contribution in [0.4, 0.5) is 10.1 Å². The first-order valence-corrected chi connectivity index (χ1v) is 9.13. The molecule has 4 nitrogen and oxygen atoms in total. The molecule has 20 heavy (non-hydrogen) atoms. The molecule has 1 unspecified atom stereocenters. The lowest BCUT2D eigenvalue weighted by Crippen LogP contribution is -2.26. The van der Waals surface area contributed by atoms with Gasteiger partial charge < -0.3 is 4.90 Å². The molecule has 1 saturated heterocycles. The minimum atomic E-state index is -3.64. The Bertz CT molecular complexity index is 642. The molecule has 1 aliphatic heterocycles. The van der Waals surface area contributed by atoms with E-state index < -0.39 is 14.9 Å². The van der Waals surface area contributed by atoms with Crippen LogP contribution in [0.3, 0.4) is 0 Å². The maximum Gasteiger partial charge on any atom is 0.232 e. The number of nitrogens with zero attached hydrogens (tertiary/aromatic N) is 1. The third kappa shape index (κ3) is 3.51. The van der Waals surface area contributed by atoms with Crippen LogP contribution in [-0.4, -0.2) is 26.6 Å². The predicted molar refractivity (Wildman–Crippen MR) is 78.9 cm³/mol. The topological polar surface area (TPSA) is 54.5 Å². The van der Waals surface area contributed by atoms with Gasteiger partial charge in [0.05, 0.1) is 11.4 Å². The summed E-state index contributed by atoms with van der Waals surface area (Å²) in [5.41, 5.74) is 1.19. The number of carbonyl (C=O) groups excluding carboxylic acids is 1. The molecule has 1 aromatic carbocycles. The highest BCUT2D eigenvalue weighted by atomic mass is 79.9. The summed E-state index contributed by atoms with van der Waals surface area (Å²) in [6.45, 7) is 1.96. The van der Waals surface area contributed by atoms with E-state index in [1.54, 1.807) is 6.92 Å². The van der Waals surface area contributed by atoms with Crippen molar-refractivity contribution >= 4 is 47.3 Å². The Morgan fingerprint density at radius 2 is 2.15 bits per heavy atom. The van der Waals surface area contributed by atoms with Gasteiger partial charge in [-0.05, 0) is 40.5 Å². The minimum Gasteiger partial charge on any atom is -0.311 e. The molecule has 0 radical (unpaired) electrons. The quantitative estimate of drug-likeness (QED) is 0.753. The van der Waals surface area contributed by atoms with Crippen LogP contribution in [0.2, 0.25) is 0 Å². The van der Waals surface area contributed by atoms with Gasteiger partial charge >= 0.3 is 0 Å². The fourth-order valence-electron chi connectivity index (χ4n) is 2.43. The van der Waals surface area contributed by atoms with Crippen LogP contribution in [0.15, 0.2) is 16.6 Å². The van der Waals surface area contributed by atoms with Gasteiger partial charge in [-0.15, -0.1) is 0 Å². The molecule has 1 atom stereocenters. The van der Waals surface area contributed by atoms with E-state index in [0.717, 1.165) is 0 Å². The maximum atomic E-state index is 13.3. The summed E-state index contributed by atoms with van der Waals surface area (Å²) in [5, 5.41) is 0. The second kappa shape index (κ2) is 5.61. The summed E-state index contributed by atoms with van der Waals surface area (Å²) in [4.78, 5) is 13.5. The summed E-state index contributed by atoms with van der Waals surface area (Å²) in [7, 11) is 1.58. The summed E-state index contributed by atoms with van der Waals surface area (Å²) >= 11 is 3.24. The van der Waals surface area contributed by atoms with Crippen molar-refractivity contribution < 1.29 is 17.6 Å². The lowest BCUT2D eigenvalue weighted by Gasteiger charge is -2.20. The number of benzene rings is 1. The molecule has 0 aromatic heterocycles. The number of aryl methyl sites for hydroxylation is 1. The van der Waals surface area contributed by atoms with Gasteiger partial charge in [0.2, 0.25) is 15.0 Å². The molecule has 1 amide bonds. The van der Waals surface area contributed by atoms with Gasteiger partial charge in [-0.1, -0.05) is 0 Å². The van der Waals surface area contributed by atoms with Gasteiger partial charge in [0, 0.05) is 34.0 Å². The normalized spacial score (nSPS) is 19.7. The number of carbonyl (C=O) groups is 1. The largest absolute Gasteiger partial charge is 0.311 e. The van der Waals surface area contributed by atoms with Crippen molar-refractivity contribution in [1.29, 1.82) is 0 Å². The molecule has 1 aromatic rings. The van der Waals surface area contributed by atoms with E-state index in [2.05, 4.69) is 15.9 Å². The molecule has 0 N–H and O–H groups in total. The Hall–Kier alpha value is -0.660. The average molecular weight is 385 g/mol. The number of anilines is 1. The van der Waals surface area contributed by atoms with E-state index in [9.17, 15) is 17.6 Å². The third-order valence-electron chi connectivity index (χ3n) is 3.13. The number of hydrogen-bond acceptors (Lipinski definition) is 3. The van der Waals surface area contributed by atoms with Gasteiger partial charge in [0.1, 0.15) is 5.82 Å². The number of hydrogen-bond donors (Lipinski definition) is 0. The molecule has 110 valence electrons.